The van der Waals surface area contributed by atoms with E-state index < -0.39 is 17.8 Å². The van der Waals surface area contributed by atoms with E-state index in [1.54, 1.807) is 27.2 Å². The van der Waals surface area contributed by atoms with Gasteiger partial charge in [-0.15, -0.1) is 0 Å². The number of esters is 1. The molecule has 0 radical (unpaired) electrons. The van der Waals surface area contributed by atoms with Crippen LogP contribution in [-0.4, -0.2) is 38.6 Å². The molecule has 1 saturated carbocycles. The van der Waals surface area contributed by atoms with Gasteiger partial charge in [-0.05, 0) is 71.7 Å². The van der Waals surface area contributed by atoms with Gasteiger partial charge in [0.25, 0.3) is 0 Å². The maximum absolute atomic E-state index is 14.0. The first-order valence-corrected chi connectivity index (χ1v) is 13.8. The Balaban J connectivity index is 1.43. The molecule has 6 rings (SSSR count). The lowest BCUT2D eigenvalue weighted by Crippen LogP contribution is -2.33. The number of carbonyl (C=O) groups excluding carboxylic acids is 3. The summed E-state index contributed by atoms with van der Waals surface area (Å²) in [6.07, 6.45) is 4.10. The number of imide groups is 1. The molecule has 0 N–H and O–H groups in total. The molecule has 41 heavy (non-hydrogen) atoms. The lowest BCUT2D eigenvalue weighted by atomic mass is 9.85. The molecule has 4 atom stereocenters. The van der Waals surface area contributed by atoms with E-state index in [0.717, 1.165) is 33.8 Å². The zero-order chi connectivity index (χ0) is 28.8. The molecule has 2 fully saturated rings. The van der Waals surface area contributed by atoms with Gasteiger partial charge in [0.1, 0.15) is 11.5 Å². The van der Waals surface area contributed by atoms with Gasteiger partial charge in [-0.1, -0.05) is 48.0 Å². The van der Waals surface area contributed by atoms with Crippen molar-refractivity contribution in [3.8, 4) is 11.5 Å². The van der Waals surface area contributed by atoms with Crippen LogP contribution in [0.2, 0.25) is 5.02 Å². The second kappa shape index (κ2) is 10.6. The van der Waals surface area contributed by atoms with Crippen LogP contribution in [0.5, 0.6) is 11.5 Å². The smallest absolute Gasteiger partial charge is 0.339 e. The van der Waals surface area contributed by atoms with E-state index >= 15 is 0 Å². The Morgan fingerprint density at radius 1 is 0.805 bits per heavy atom. The van der Waals surface area contributed by atoms with Crippen LogP contribution in [-0.2, 0) is 14.3 Å². The highest BCUT2D eigenvalue weighted by Gasteiger charge is 2.62. The average Bonchev–Trinajstić information content (AvgIpc) is 3.63. The largest absolute Gasteiger partial charge is 0.497 e. The van der Waals surface area contributed by atoms with Gasteiger partial charge < -0.3 is 14.2 Å². The first-order chi connectivity index (χ1) is 19.9. The van der Waals surface area contributed by atoms with Crippen molar-refractivity contribution in [2.24, 2.45) is 23.7 Å². The minimum atomic E-state index is -0.603. The number of hydrogen-bond donors (Lipinski definition) is 0. The summed E-state index contributed by atoms with van der Waals surface area (Å²) in [4.78, 5) is 41.6. The Morgan fingerprint density at radius 2 is 1.32 bits per heavy atom. The molecule has 0 unspecified atom stereocenters. The summed E-state index contributed by atoms with van der Waals surface area (Å²) in [6.45, 7) is 1.88. The van der Waals surface area contributed by atoms with Crippen molar-refractivity contribution in [3.63, 3.8) is 0 Å². The van der Waals surface area contributed by atoms with Crippen LogP contribution >= 0.6 is 11.6 Å². The van der Waals surface area contributed by atoms with Gasteiger partial charge in [0, 0.05) is 11.8 Å². The fourth-order valence-electron chi connectivity index (χ4n) is 6.38. The molecule has 3 aromatic rings. The molecular formula is C33H28ClNO6. The number of ether oxygens (including phenoxy) is 3. The van der Waals surface area contributed by atoms with Crippen molar-refractivity contribution < 1.29 is 28.6 Å². The van der Waals surface area contributed by atoms with Gasteiger partial charge in [-0.3, -0.25) is 9.59 Å². The number of halogens is 1. The minimum absolute atomic E-state index is 0.117. The van der Waals surface area contributed by atoms with Gasteiger partial charge in [0.15, 0.2) is 0 Å². The molecule has 208 valence electrons. The van der Waals surface area contributed by atoms with Crippen LogP contribution in [0, 0.1) is 23.7 Å². The van der Waals surface area contributed by atoms with Crippen molar-refractivity contribution in [2.45, 2.75) is 6.92 Å². The van der Waals surface area contributed by atoms with Crippen LogP contribution in [0.4, 0.5) is 5.69 Å². The maximum atomic E-state index is 14.0. The summed E-state index contributed by atoms with van der Waals surface area (Å²) in [6, 6.07) is 20.2. The van der Waals surface area contributed by atoms with Gasteiger partial charge >= 0.3 is 5.97 Å². The summed E-state index contributed by atoms with van der Waals surface area (Å²) < 4.78 is 15.9. The third kappa shape index (κ3) is 4.32. The first-order valence-electron chi connectivity index (χ1n) is 13.4. The zero-order valence-corrected chi connectivity index (χ0v) is 23.6. The molecule has 3 aromatic carbocycles. The highest BCUT2D eigenvalue weighted by Crippen LogP contribution is 2.59. The molecule has 2 aliphatic carbocycles. The normalized spacial score (nSPS) is 22.2. The van der Waals surface area contributed by atoms with Crippen molar-refractivity contribution in [1.82, 2.24) is 0 Å². The van der Waals surface area contributed by atoms with Gasteiger partial charge in [-0.25, -0.2) is 9.69 Å². The SMILES string of the molecule is CCOC(=O)c1cc(N2C(=O)[C@@H]3[C@@H](C2=O)[C@H]2C=C[C@H]3C2=C(c2ccc(OC)cc2)c2ccc(OC)cc2)ccc1Cl. The second-order valence-corrected chi connectivity index (χ2v) is 10.6. The van der Waals surface area contributed by atoms with Gasteiger partial charge in [0.2, 0.25) is 11.8 Å². The number of nitrogens with zero attached hydrogens (tertiary/aromatic N) is 1. The Labute approximate surface area is 243 Å². The molecular weight excluding hydrogens is 542 g/mol. The van der Waals surface area contributed by atoms with E-state index in [2.05, 4.69) is 12.2 Å². The quantitative estimate of drug-likeness (QED) is 0.198. The molecule has 0 spiro atoms. The Kier molecular flexibility index (Phi) is 6.91. The Hall–Kier alpha value is -4.36. The average molecular weight is 570 g/mol. The summed E-state index contributed by atoms with van der Waals surface area (Å²) in [5.74, 6) is -1.27. The van der Waals surface area contributed by atoms with E-state index in [9.17, 15) is 14.4 Å². The third-order valence-electron chi connectivity index (χ3n) is 8.17. The zero-order valence-electron chi connectivity index (χ0n) is 22.8. The van der Waals surface area contributed by atoms with Crippen LogP contribution in [0.25, 0.3) is 5.57 Å². The molecule has 1 aliphatic heterocycles. The number of carbonyl (C=O) groups is 3. The molecule has 2 bridgehead atoms. The summed E-state index contributed by atoms with van der Waals surface area (Å²) in [5.41, 5.74) is 4.42. The number of rotatable bonds is 7. The fourth-order valence-corrected chi connectivity index (χ4v) is 6.58. The molecule has 8 heteroatoms. The lowest BCUT2D eigenvalue weighted by Gasteiger charge is -2.22. The fraction of sp³-hybridized carbons (Fsp3) is 0.242. The molecule has 7 nitrogen and oxygen atoms in total. The Bertz CT molecular complexity index is 1520. The predicted molar refractivity (Wildman–Crippen MR) is 155 cm³/mol. The monoisotopic (exact) mass is 569 g/mol. The number of methoxy groups -OCH3 is 2. The highest BCUT2D eigenvalue weighted by atomic mass is 35.5. The van der Waals surface area contributed by atoms with E-state index in [4.69, 9.17) is 25.8 Å². The van der Waals surface area contributed by atoms with Crippen LogP contribution in [0.3, 0.4) is 0 Å². The van der Waals surface area contributed by atoms with E-state index in [1.165, 1.54) is 17.0 Å². The molecule has 0 aromatic heterocycles. The Morgan fingerprint density at radius 3 is 1.78 bits per heavy atom. The number of hydrogen-bond acceptors (Lipinski definition) is 6. The third-order valence-corrected chi connectivity index (χ3v) is 8.49. The number of fused-ring (bicyclic) bond motifs is 5. The second-order valence-electron chi connectivity index (χ2n) is 10.2. The molecule has 2 amide bonds. The molecule has 1 saturated heterocycles. The number of amides is 2. The molecule has 3 aliphatic rings. The van der Waals surface area contributed by atoms with Crippen LogP contribution < -0.4 is 14.4 Å². The van der Waals surface area contributed by atoms with E-state index in [1.807, 2.05) is 48.5 Å². The van der Waals surface area contributed by atoms with Gasteiger partial charge in [0.05, 0.1) is 48.9 Å². The topological polar surface area (TPSA) is 82.1 Å². The summed E-state index contributed by atoms with van der Waals surface area (Å²) in [5, 5.41) is 0.196. The van der Waals surface area contributed by atoms with Crippen molar-refractivity contribution in [1.29, 1.82) is 0 Å². The summed E-state index contributed by atoms with van der Waals surface area (Å²) in [7, 11) is 3.25. The molecule has 1 heterocycles. The van der Waals surface area contributed by atoms with Gasteiger partial charge in [-0.2, -0.15) is 0 Å². The summed E-state index contributed by atoms with van der Waals surface area (Å²) >= 11 is 6.25. The van der Waals surface area contributed by atoms with Crippen molar-refractivity contribution in [2.75, 3.05) is 25.7 Å². The van der Waals surface area contributed by atoms with Crippen molar-refractivity contribution >= 4 is 40.6 Å². The first kappa shape index (κ1) is 26.8. The minimum Gasteiger partial charge on any atom is -0.497 e. The van der Waals surface area contributed by atoms with E-state index in [0.29, 0.717) is 5.69 Å². The number of benzene rings is 3. The number of anilines is 1. The highest BCUT2D eigenvalue weighted by molar-refractivity contribution is 6.34. The lowest BCUT2D eigenvalue weighted by molar-refractivity contribution is -0.122. The van der Waals surface area contributed by atoms with Crippen molar-refractivity contribution in [3.05, 3.63) is 106 Å². The number of allylic oxidation sites excluding steroid dienone is 3. The van der Waals surface area contributed by atoms with Crippen LogP contribution in [0.15, 0.2) is 84.5 Å². The standard InChI is InChI=1S/C33H28ClNO6/c1-4-41-33(38)25-17-20(9-16-26(25)34)35-31(36)29-23-14-15-24(30(29)32(35)37)28(23)27(18-5-10-21(39-2)11-6-18)19-7-12-22(40-3)13-8-19/h5-17,23-24,29-30H,4H2,1-3H3/t23-,24-,29-,30-/m0/s1. The van der Waals surface area contributed by atoms with E-state index in [-0.39, 0.29) is 40.8 Å². The maximum Gasteiger partial charge on any atom is 0.339 e. The van der Waals surface area contributed by atoms with Crippen LogP contribution in [0.1, 0.15) is 28.4 Å². The predicted octanol–water partition coefficient (Wildman–Crippen LogP) is 5.96.